The average Bonchev–Trinajstić information content (AvgIpc) is 2.61. The van der Waals surface area contributed by atoms with Crippen molar-refractivity contribution in [2.24, 2.45) is 0 Å². The fraction of sp³-hybridized carbons (Fsp3) is 0.562. The zero-order valence-corrected chi connectivity index (χ0v) is 15.5. The van der Waals surface area contributed by atoms with E-state index < -0.39 is 26.4 Å². The molecule has 0 saturated carbocycles. The van der Waals surface area contributed by atoms with Crippen molar-refractivity contribution in [1.82, 2.24) is 10.2 Å². The highest BCUT2D eigenvalue weighted by molar-refractivity contribution is 7.90. The minimum absolute atomic E-state index is 0.0344. The molecule has 0 spiro atoms. The Morgan fingerprint density at radius 1 is 1.27 bits per heavy atom. The molecule has 1 N–H and O–H groups in total. The van der Waals surface area contributed by atoms with Gasteiger partial charge < -0.3 is 10.1 Å². The van der Waals surface area contributed by atoms with Crippen molar-refractivity contribution < 1.29 is 22.9 Å². The van der Waals surface area contributed by atoms with Gasteiger partial charge in [0, 0.05) is 43.6 Å². The number of nitro groups is 1. The van der Waals surface area contributed by atoms with Gasteiger partial charge in [-0.1, -0.05) is 0 Å². The number of nitrogens with zero attached hydrogens (tertiary/aromatic N) is 2. The van der Waals surface area contributed by atoms with E-state index in [1.54, 1.807) is 0 Å². The van der Waals surface area contributed by atoms with Crippen LogP contribution in [-0.4, -0.2) is 69.8 Å². The lowest BCUT2D eigenvalue weighted by atomic mass is 10.2. The number of hydrogen-bond acceptors (Lipinski definition) is 7. The molecule has 0 aromatic heterocycles. The molecule has 1 heterocycles. The molecule has 1 fully saturated rings. The number of hydrogen-bond donors (Lipinski definition) is 1. The molecule has 1 aromatic rings. The maximum absolute atomic E-state index is 12.2. The molecule has 2 rings (SSSR count). The van der Waals surface area contributed by atoms with Crippen molar-refractivity contribution in [2.45, 2.75) is 17.7 Å². The Labute approximate surface area is 152 Å². The minimum atomic E-state index is -3.66. The first kappa shape index (κ1) is 20.3. The van der Waals surface area contributed by atoms with Crippen LogP contribution in [0.3, 0.4) is 0 Å². The third kappa shape index (κ3) is 6.04. The molecular weight excluding hydrogens is 362 g/mol. The number of nitrogens with one attached hydrogen (secondary N) is 1. The van der Waals surface area contributed by atoms with E-state index in [0.717, 1.165) is 70.1 Å². The van der Waals surface area contributed by atoms with Crippen molar-refractivity contribution in [1.29, 1.82) is 0 Å². The fourth-order valence-electron chi connectivity index (χ4n) is 2.62. The largest absolute Gasteiger partial charge is 0.379 e. The van der Waals surface area contributed by atoms with Crippen LogP contribution in [0.15, 0.2) is 23.1 Å². The Morgan fingerprint density at radius 2 is 1.96 bits per heavy atom. The molecule has 9 nitrogen and oxygen atoms in total. The molecule has 0 bridgehead atoms. The van der Waals surface area contributed by atoms with Crippen molar-refractivity contribution >= 4 is 21.4 Å². The Bertz CT molecular complexity index is 759. The predicted molar refractivity (Wildman–Crippen MR) is 95.0 cm³/mol. The van der Waals surface area contributed by atoms with Gasteiger partial charge in [0.25, 0.3) is 11.6 Å². The zero-order valence-electron chi connectivity index (χ0n) is 14.6. The quantitative estimate of drug-likeness (QED) is 0.400. The first-order valence-electron chi connectivity index (χ1n) is 8.35. The number of nitro benzene ring substituents is 1. The highest BCUT2D eigenvalue weighted by Crippen LogP contribution is 2.21. The molecule has 0 atom stereocenters. The van der Waals surface area contributed by atoms with Crippen LogP contribution in [0.25, 0.3) is 0 Å². The van der Waals surface area contributed by atoms with Crippen molar-refractivity contribution in [3.8, 4) is 0 Å². The number of rotatable bonds is 8. The average molecular weight is 385 g/mol. The van der Waals surface area contributed by atoms with Crippen molar-refractivity contribution in [3.05, 3.63) is 33.9 Å². The van der Waals surface area contributed by atoms with Crippen LogP contribution in [0.4, 0.5) is 5.69 Å². The summed E-state index contributed by atoms with van der Waals surface area (Å²) in [6, 6.07) is 3.19. The molecule has 1 aromatic carbocycles. The topological polar surface area (TPSA) is 119 Å². The van der Waals surface area contributed by atoms with Gasteiger partial charge in [-0.3, -0.25) is 19.8 Å². The van der Waals surface area contributed by atoms with Gasteiger partial charge >= 0.3 is 0 Å². The summed E-state index contributed by atoms with van der Waals surface area (Å²) in [6.45, 7) is 4.65. The zero-order chi connectivity index (χ0) is 19.2. The van der Waals surface area contributed by atoms with Crippen LogP contribution in [0.5, 0.6) is 0 Å². The smallest absolute Gasteiger partial charge is 0.271 e. The van der Waals surface area contributed by atoms with Crippen LogP contribution >= 0.6 is 0 Å². The van der Waals surface area contributed by atoms with Crippen LogP contribution in [0.1, 0.15) is 23.2 Å². The standard InChI is InChI=1S/C16H23N3O6S/c1-26(23,24)15-11-13(10-14(12-15)19(21)22)16(20)17-4-2-3-5-18-6-8-25-9-7-18/h10-12H,2-9H2,1H3,(H,17,20). The second-order valence-corrected chi connectivity index (χ2v) is 8.18. The SMILES string of the molecule is CS(=O)(=O)c1cc(C(=O)NCCCCN2CCOCC2)cc([N+](=O)[O-])c1. The summed E-state index contributed by atoms with van der Waals surface area (Å²) in [5.74, 6) is -0.523. The lowest BCUT2D eigenvalue weighted by molar-refractivity contribution is -0.385. The molecule has 1 saturated heterocycles. The Kier molecular flexibility index (Phi) is 7.06. The van der Waals surface area contributed by atoms with E-state index >= 15 is 0 Å². The van der Waals surface area contributed by atoms with Gasteiger partial charge in [-0.05, 0) is 25.5 Å². The third-order valence-corrected chi connectivity index (χ3v) is 5.17. The number of benzene rings is 1. The van der Waals surface area contributed by atoms with Gasteiger partial charge in [0.15, 0.2) is 9.84 Å². The molecule has 144 valence electrons. The molecule has 1 amide bonds. The summed E-state index contributed by atoms with van der Waals surface area (Å²) in [4.78, 5) is 24.5. The second-order valence-electron chi connectivity index (χ2n) is 6.16. The maximum atomic E-state index is 12.2. The highest BCUT2D eigenvalue weighted by atomic mass is 32.2. The van der Waals surface area contributed by atoms with Crippen LogP contribution in [-0.2, 0) is 14.6 Å². The molecule has 1 aliphatic heterocycles. The maximum Gasteiger partial charge on any atom is 0.271 e. The van der Waals surface area contributed by atoms with E-state index in [2.05, 4.69) is 10.2 Å². The normalized spacial score (nSPS) is 15.6. The van der Waals surface area contributed by atoms with Crippen molar-refractivity contribution in [2.75, 3.05) is 45.6 Å². The van der Waals surface area contributed by atoms with E-state index in [4.69, 9.17) is 4.74 Å². The lowest BCUT2D eigenvalue weighted by Gasteiger charge is -2.26. The predicted octanol–water partition coefficient (Wildman–Crippen LogP) is 0.841. The summed E-state index contributed by atoms with van der Waals surface area (Å²) in [5, 5.41) is 13.7. The number of non-ortho nitro benzene ring substituents is 1. The molecular formula is C16H23N3O6S. The summed E-state index contributed by atoms with van der Waals surface area (Å²) in [5.41, 5.74) is -0.460. The monoisotopic (exact) mass is 385 g/mol. The number of carbonyl (C=O) groups excluding carboxylic acids is 1. The van der Waals surface area contributed by atoms with Gasteiger partial charge in [0.05, 0.1) is 23.0 Å². The number of sulfone groups is 1. The summed E-state index contributed by atoms with van der Waals surface area (Å²) < 4.78 is 28.6. The van der Waals surface area contributed by atoms with E-state index in [-0.39, 0.29) is 10.5 Å². The number of ether oxygens (including phenoxy) is 1. The second kappa shape index (κ2) is 9.06. The molecule has 0 unspecified atom stereocenters. The van der Waals surface area contributed by atoms with E-state index in [0.29, 0.717) is 6.54 Å². The van der Waals surface area contributed by atoms with Gasteiger partial charge in [-0.2, -0.15) is 0 Å². The van der Waals surface area contributed by atoms with E-state index in [1.807, 2.05) is 0 Å². The number of carbonyl (C=O) groups is 1. The van der Waals surface area contributed by atoms with Gasteiger partial charge in [0.2, 0.25) is 0 Å². The first-order valence-corrected chi connectivity index (χ1v) is 10.2. The number of unbranched alkanes of at least 4 members (excludes halogenated alkanes) is 1. The number of morpholine rings is 1. The molecule has 0 aliphatic carbocycles. The first-order chi connectivity index (χ1) is 12.3. The molecule has 10 heteroatoms. The third-order valence-electron chi connectivity index (χ3n) is 4.08. The summed E-state index contributed by atoms with van der Waals surface area (Å²) in [7, 11) is -3.66. The Hall–Kier alpha value is -2.04. The van der Waals surface area contributed by atoms with E-state index in [1.165, 1.54) is 0 Å². The molecule has 1 aliphatic rings. The van der Waals surface area contributed by atoms with E-state index in [9.17, 15) is 23.3 Å². The van der Waals surface area contributed by atoms with Gasteiger partial charge in [-0.15, -0.1) is 0 Å². The van der Waals surface area contributed by atoms with Gasteiger partial charge in [0.1, 0.15) is 0 Å². The van der Waals surface area contributed by atoms with Crippen molar-refractivity contribution in [3.63, 3.8) is 0 Å². The van der Waals surface area contributed by atoms with Crippen LogP contribution in [0, 0.1) is 10.1 Å². The molecule has 0 radical (unpaired) electrons. The van der Waals surface area contributed by atoms with Crippen LogP contribution < -0.4 is 5.32 Å². The lowest BCUT2D eigenvalue weighted by Crippen LogP contribution is -2.37. The number of amides is 1. The summed E-state index contributed by atoms with van der Waals surface area (Å²) in [6.07, 6.45) is 2.61. The fourth-order valence-corrected chi connectivity index (χ4v) is 3.30. The Morgan fingerprint density at radius 3 is 2.58 bits per heavy atom. The highest BCUT2D eigenvalue weighted by Gasteiger charge is 2.19. The van der Waals surface area contributed by atoms with Gasteiger partial charge in [-0.25, -0.2) is 8.42 Å². The molecule has 26 heavy (non-hydrogen) atoms. The minimum Gasteiger partial charge on any atom is -0.379 e. The van der Waals surface area contributed by atoms with Crippen LogP contribution in [0.2, 0.25) is 0 Å². The Balaban J connectivity index is 1.89. The summed E-state index contributed by atoms with van der Waals surface area (Å²) >= 11 is 0.